The average Bonchev–Trinajstić information content (AvgIpc) is 2.58. The maximum absolute atomic E-state index is 12.1. The molecule has 1 amide bonds. The number of amidine groups is 1. The van der Waals surface area contributed by atoms with Gasteiger partial charge in [0.1, 0.15) is 0 Å². The van der Waals surface area contributed by atoms with Crippen molar-refractivity contribution >= 4 is 39.9 Å². The summed E-state index contributed by atoms with van der Waals surface area (Å²) in [5, 5.41) is 3.65. The normalized spacial score (nSPS) is 13.3. The summed E-state index contributed by atoms with van der Waals surface area (Å²) in [6.07, 6.45) is 0. The summed E-state index contributed by atoms with van der Waals surface area (Å²) in [6.45, 7) is 4.11. The predicted octanol–water partition coefficient (Wildman–Crippen LogP) is 3.96. The van der Waals surface area contributed by atoms with Gasteiger partial charge in [-0.3, -0.25) is 4.79 Å². The molecule has 116 valence electrons. The Labute approximate surface area is 139 Å². The Balaban J connectivity index is 1.67. The van der Waals surface area contributed by atoms with E-state index in [0.717, 1.165) is 27.8 Å². The van der Waals surface area contributed by atoms with Crippen LogP contribution in [0.4, 0.5) is 11.4 Å². The Hall–Kier alpha value is -2.53. The molecule has 2 aromatic carbocycles. The highest BCUT2D eigenvalue weighted by molar-refractivity contribution is 8.14. The molecule has 5 heteroatoms. The molecule has 1 N–H and O–H groups in total. The summed E-state index contributed by atoms with van der Waals surface area (Å²) < 4.78 is 0. The van der Waals surface area contributed by atoms with E-state index in [1.807, 2.05) is 66.5 Å². The second-order valence-electron chi connectivity index (χ2n) is 5.12. The Kier molecular flexibility index (Phi) is 4.48. The number of carbonyl (C=O) groups excluding carboxylic acids is 1. The molecule has 0 atom stereocenters. The molecule has 0 saturated heterocycles. The van der Waals surface area contributed by atoms with Crippen molar-refractivity contribution in [2.45, 2.75) is 0 Å². The van der Waals surface area contributed by atoms with Crippen molar-refractivity contribution in [3.05, 3.63) is 66.7 Å². The van der Waals surface area contributed by atoms with E-state index in [-0.39, 0.29) is 5.91 Å². The van der Waals surface area contributed by atoms with Crippen LogP contribution in [0, 0.1) is 0 Å². The van der Waals surface area contributed by atoms with E-state index in [1.165, 1.54) is 11.8 Å². The molecular weight excluding hydrogens is 306 g/mol. The number of nitrogens with one attached hydrogen (secondary N) is 1. The van der Waals surface area contributed by atoms with Gasteiger partial charge in [-0.25, -0.2) is 4.99 Å². The van der Waals surface area contributed by atoms with Crippen molar-refractivity contribution in [2.75, 3.05) is 18.1 Å². The highest BCUT2D eigenvalue weighted by Crippen LogP contribution is 2.34. The van der Waals surface area contributed by atoms with Crippen molar-refractivity contribution in [3.63, 3.8) is 0 Å². The molecule has 0 saturated carbocycles. The number of aliphatic imine (C=N–C) groups is 1. The summed E-state index contributed by atoms with van der Waals surface area (Å²) in [5.74, 6) is 0.245. The maximum Gasteiger partial charge on any atom is 0.234 e. The van der Waals surface area contributed by atoms with Crippen LogP contribution in [-0.4, -0.2) is 28.8 Å². The number of hydrogen-bond donors (Lipinski definition) is 1. The molecule has 0 spiro atoms. The van der Waals surface area contributed by atoms with Crippen LogP contribution in [0.2, 0.25) is 0 Å². The average molecular weight is 323 g/mol. The zero-order valence-corrected chi connectivity index (χ0v) is 13.6. The quantitative estimate of drug-likeness (QED) is 0.930. The van der Waals surface area contributed by atoms with Crippen LogP contribution in [0.1, 0.15) is 5.56 Å². The molecule has 3 rings (SSSR count). The van der Waals surface area contributed by atoms with E-state index < -0.39 is 0 Å². The van der Waals surface area contributed by atoms with Gasteiger partial charge in [-0.15, -0.1) is 0 Å². The fourth-order valence-electron chi connectivity index (χ4n) is 2.27. The Bertz CT molecular complexity index is 771. The van der Waals surface area contributed by atoms with Crippen LogP contribution in [0.3, 0.4) is 0 Å². The molecule has 0 unspecified atom stereocenters. The number of fused-ring (bicyclic) bond motifs is 1. The Morgan fingerprint density at radius 2 is 1.87 bits per heavy atom. The number of carbonyl (C=O) groups is 1. The number of para-hydroxylation sites is 2. The fourth-order valence-corrected chi connectivity index (χ4v) is 3.07. The van der Waals surface area contributed by atoms with Gasteiger partial charge in [-0.05, 0) is 18.2 Å². The molecule has 1 heterocycles. The number of rotatable bonds is 3. The lowest BCUT2D eigenvalue weighted by molar-refractivity contribution is -0.113. The second kappa shape index (κ2) is 6.71. The lowest BCUT2D eigenvalue weighted by Crippen LogP contribution is -2.26. The molecule has 0 radical (unpaired) electrons. The van der Waals surface area contributed by atoms with Gasteiger partial charge in [-0.2, -0.15) is 0 Å². The third-order valence-corrected chi connectivity index (χ3v) is 4.54. The summed E-state index contributed by atoms with van der Waals surface area (Å²) in [5.41, 5.74) is 3.60. The highest BCUT2D eigenvalue weighted by Gasteiger charge is 2.21. The fraction of sp³-hybridized carbons (Fsp3) is 0.111. The lowest BCUT2D eigenvalue weighted by Gasteiger charge is -2.28. The van der Waals surface area contributed by atoms with Gasteiger partial charge < -0.3 is 10.2 Å². The van der Waals surface area contributed by atoms with Gasteiger partial charge in [0.2, 0.25) is 5.91 Å². The van der Waals surface area contributed by atoms with Gasteiger partial charge in [0.15, 0.2) is 5.17 Å². The van der Waals surface area contributed by atoms with E-state index in [0.29, 0.717) is 5.75 Å². The van der Waals surface area contributed by atoms with Gasteiger partial charge in [-0.1, -0.05) is 54.7 Å². The molecule has 23 heavy (non-hydrogen) atoms. The summed E-state index contributed by atoms with van der Waals surface area (Å²) >= 11 is 1.40. The second-order valence-corrected chi connectivity index (χ2v) is 6.06. The summed E-state index contributed by atoms with van der Waals surface area (Å²) in [4.78, 5) is 18.6. The molecule has 0 bridgehead atoms. The molecule has 1 aliphatic heterocycles. The highest BCUT2D eigenvalue weighted by atomic mass is 32.2. The zero-order chi connectivity index (χ0) is 16.2. The van der Waals surface area contributed by atoms with Crippen LogP contribution < -0.4 is 5.32 Å². The lowest BCUT2D eigenvalue weighted by atomic mass is 10.1. The molecule has 1 aliphatic rings. The minimum absolute atomic E-state index is 0.0539. The van der Waals surface area contributed by atoms with E-state index in [1.54, 1.807) is 0 Å². The Morgan fingerprint density at radius 1 is 1.17 bits per heavy atom. The number of thioether (sulfide) groups is 1. The first-order chi connectivity index (χ1) is 11.1. The van der Waals surface area contributed by atoms with E-state index in [9.17, 15) is 4.79 Å². The first kappa shape index (κ1) is 15.4. The van der Waals surface area contributed by atoms with Crippen molar-refractivity contribution < 1.29 is 4.79 Å². The minimum Gasteiger partial charge on any atom is -0.325 e. The van der Waals surface area contributed by atoms with Crippen LogP contribution in [0.25, 0.3) is 5.70 Å². The largest absolute Gasteiger partial charge is 0.325 e. The minimum atomic E-state index is -0.0539. The number of benzene rings is 2. The molecule has 0 aliphatic carbocycles. The van der Waals surface area contributed by atoms with Crippen LogP contribution in [0.5, 0.6) is 0 Å². The van der Waals surface area contributed by atoms with Gasteiger partial charge in [0.05, 0.1) is 11.4 Å². The third kappa shape index (κ3) is 3.46. The van der Waals surface area contributed by atoms with Crippen LogP contribution in [0.15, 0.2) is 66.2 Å². The topological polar surface area (TPSA) is 44.7 Å². The zero-order valence-electron chi connectivity index (χ0n) is 12.8. The molecular formula is C18H17N3OS. The van der Waals surface area contributed by atoms with E-state index in [2.05, 4.69) is 16.9 Å². The van der Waals surface area contributed by atoms with Gasteiger partial charge in [0.25, 0.3) is 0 Å². The summed E-state index contributed by atoms with van der Waals surface area (Å²) in [7, 11) is 1.92. The van der Waals surface area contributed by atoms with Gasteiger partial charge in [0, 0.05) is 24.0 Å². The van der Waals surface area contributed by atoms with Gasteiger partial charge >= 0.3 is 0 Å². The predicted molar refractivity (Wildman–Crippen MR) is 97.9 cm³/mol. The summed E-state index contributed by atoms with van der Waals surface area (Å²) in [6, 6.07) is 17.3. The number of anilines is 1. The standard InChI is InChI=1S/C18H17N3OS/c1-13-15-10-6-7-11-16(15)20-18(21(13)2)23-12-17(22)19-14-8-4-3-5-9-14/h3-11H,1,12H2,2H3,(H,19,22). The first-order valence-corrected chi connectivity index (χ1v) is 8.22. The van der Waals surface area contributed by atoms with Crippen molar-refractivity contribution in [1.29, 1.82) is 0 Å². The SMILES string of the molecule is C=C1c2ccccc2N=C(SCC(=O)Nc2ccccc2)N1C. The monoisotopic (exact) mass is 323 g/mol. The van der Waals surface area contributed by atoms with E-state index in [4.69, 9.17) is 0 Å². The molecule has 0 fully saturated rings. The van der Waals surface area contributed by atoms with Crippen molar-refractivity contribution in [3.8, 4) is 0 Å². The van der Waals surface area contributed by atoms with E-state index >= 15 is 0 Å². The Morgan fingerprint density at radius 3 is 2.65 bits per heavy atom. The molecule has 2 aromatic rings. The smallest absolute Gasteiger partial charge is 0.234 e. The number of amides is 1. The van der Waals surface area contributed by atoms with Crippen LogP contribution >= 0.6 is 11.8 Å². The van der Waals surface area contributed by atoms with Crippen molar-refractivity contribution in [1.82, 2.24) is 4.90 Å². The van der Waals surface area contributed by atoms with Crippen molar-refractivity contribution in [2.24, 2.45) is 4.99 Å². The maximum atomic E-state index is 12.1. The number of hydrogen-bond acceptors (Lipinski definition) is 4. The molecule has 4 nitrogen and oxygen atoms in total. The third-order valence-electron chi connectivity index (χ3n) is 3.51. The number of nitrogens with zero attached hydrogens (tertiary/aromatic N) is 2. The molecule has 0 aromatic heterocycles. The first-order valence-electron chi connectivity index (χ1n) is 7.23. The van der Waals surface area contributed by atoms with Crippen LogP contribution in [-0.2, 0) is 4.79 Å².